The number of hydrogen-bond donors (Lipinski definition) is 2. The number of aromatic nitrogens is 3. The highest BCUT2D eigenvalue weighted by molar-refractivity contribution is 6.30. The van der Waals surface area contributed by atoms with Crippen molar-refractivity contribution < 1.29 is 5.11 Å². The fourth-order valence-electron chi connectivity index (χ4n) is 2.66. The Kier molecular flexibility index (Phi) is 4.61. The number of rotatable bonds is 5. The van der Waals surface area contributed by atoms with Crippen molar-refractivity contribution in [2.45, 2.75) is 26.5 Å². The van der Waals surface area contributed by atoms with Crippen molar-refractivity contribution in [2.75, 3.05) is 6.54 Å². The second-order valence-corrected chi connectivity index (χ2v) is 6.06. The number of fused-ring (bicyclic) bond motifs is 1. The lowest BCUT2D eigenvalue weighted by molar-refractivity contribution is 0.174. The number of nitrogens with one attached hydrogen (secondary N) is 1. The molecule has 0 radical (unpaired) electrons. The zero-order valence-electron chi connectivity index (χ0n) is 13.1. The van der Waals surface area contributed by atoms with Crippen LogP contribution in [0.25, 0.3) is 5.78 Å². The van der Waals surface area contributed by atoms with Gasteiger partial charge >= 0.3 is 0 Å². The summed E-state index contributed by atoms with van der Waals surface area (Å²) in [7, 11) is 0. The molecule has 0 saturated heterocycles. The highest BCUT2D eigenvalue weighted by atomic mass is 35.5. The maximum absolute atomic E-state index is 10.2. The standard InChI is InChI=1S/C17H19ClN4O/c1-11-7-12(2)22-15(9-20-17(22)21-11)8-19-10-16(23)13-3-5-14(18)6-4-13/h3-7,9,16,19,23H,8,10H2,1-2H3. The van der Waals surface area contributed by atoms with Crippen molar-refractivity contribution >= 4 is 17.4 Å². The first-order valence-electron chi connectivity index (χ1n) is 7.49. The summed E-state index contributed by atoms with van der Waals surface area (Å²) in [6.45, 7) is 5.06. The Balaban J connectivity index is 1.66. The quantitative estimate of drug-likeness (QED) is 0.755. The molecule has 3 aromatic rings. The number of benzene rings is 1. The number of aliphatic hydroxyl groups excluding tert-OH is 1. The third-order valence-electron chi connectivity index (χ3n) is 3.76. The van der Waals surface area contributed by atoms with Crippen molar-refractivity contribution in [1.82, 2.24) is 19.7 Å². The summed E-state index contributed by atoms with van der Waals surface area (Å²) in [6, 6.07) is 9.25. The minimum atomic E-state index is -0.576. The van der Waals surface area contributed by atoms with Gasteiger partial charge in [0.15, 0.2) is 0 Å². The van der Waals surface area contributed by atoms with Crippen LogP contribution < -0.4 is 5.32 Å². The molecule has 3 rings (SSSR count). The third-order valence-corrected chi connectivity index (χ3v) is 4.01. The van der Waals surface area contributed by atoms with Gasteiger partial charge in [0.25, 0.3) is 0 Å². The van der Waals surface area contributed by atoms with Gasteiger partial charge in [-0.3, -0.25) is 4.40 Å². The van der Waals surface area contributed by atoms with Crippen molar-refractivity contribution in [1.29, 1.82) is 0 Å². The van der Waals surface area contributed by atoms with Gasteiger partial charge in [0.05, 0.1) is 18.0 Å². The molecular weight excluding hydrogens is 312 g/mol. The monoisotopic (exact) mass is 330 g/mol. The van der Waals surface area contributed by atoms with E-state index < -0.39 is 6.10 Å². The van der Waals surface area contributed by atoms with E-state index in [2.05, 4.69) is 15.3 Å². The molecule has 0 fully saturated rings. The minimum Gasteiger partial charge on any atom is -0.387 e. The van der Waals surface area contributed by atoms with Crippen molar-refractivity contribution in [3.63, 3.8) is 0 Å². The van der Waals surface area contributed by atoms with Crippen LogP contribution in [0.5, 0.6) is 0 Å². The van der Waals surface area contributed by atoms with E-state index in [0.717, 1.165) is 22.6 Å². The Morgan fingerprint density at radius 1 is 1.26 bits per heavy atom. The summed E-state index contributed by atoms with van der Waals surface area (Å²) in [5, 5.41) is 14.1. The van der Waals surface area contributed by atoms with Crippen LogP contribution >= 0.6 is 11.6 Å². The molecule has 0 amide bonds. The zero-order valence-corrected chi connectivity index (χ0v) is 13.9. The summed E-state index contributed by atoms with van der Waals surface area (Å²) >= 11 is 5.86. The van der Waals surface area contributed by atoms with Gasteiger partial charge in [-0.25, -0.2) is 9.97 Å². The van der Waals surface area contributed by atoms with E-state index in [0.29, 0.717) is 23.9 Å². The van der Waals surface area contributed by atoms with Gasteiger partial charge in [-0.05, 0) is 37.6 Å². The summed E-state index contributed by atoms with van der Waals surface area (Å²) in [6.07, 6.45) is 1.24. The third kappa shape index (κ3) is 3.52. The Morgan fingerprint density at radius 2 is 2.00 bits per heavy atom. The summed E-state index contributed by atoms with van der Waals surface area (Å²) in [5.74, 6) is 0.706. The number of halogens is 1. The maximum atomic E-state index is 10.2. The highest BCUT2D eigenvalue weighted by Crippen LogP contribution is 2.16. The van der Waals surface area contributed by atoms with Gasteiger partial charge in [-0.2, -0.15) is 0 Å². The topological polar surface area (TPSA) is 62.5 Å². The molecule has 0 aliphatic heterocycles. The number of aliphatic hydroxyl groups is 1. The lowest BCUT2D eigenvalue weighted by Crippen LogP contribution is -2.22. The van der Waals surface area contributed by atoms with Crippen molar-refractivity contribution in [3.8, 4) is 0 Å². The summed E-state index contributed by atoms with van der Waals surface area (Å²) in [4.78, 5) is 8.76. The van der Waals surface area contributed by atoms with Gasteiger partial charge in [-0.15, -0.1) is 0 Å². The molecule has 5 nitrogen and oxygen atoms in total. The highest BCUT2D eigenvalue weighted by Gasteiger charge is 2.10. The van der Waals surface area contributed by atoms with E-state index in [9.17, 15) is 5.11 Å². The molecule has 23 heavy (non-hydrogen) atoms. The first-order valence-corrected chi connectivity index (χ1v) is 7.87. The summed E-state index contributed by atoms with van der Waals surface area (Å²) < 4.78 is 2.02. The minimum absolute atomic E-state index is 0.452. The molecule has 2 heterocycles. The van der Waals surface area contributed by atoms with Gasteiger partial charge in [-0.1, -0.05) is 23.7 Å². The molecule has 0 saturated carbocycles. The van der Waals surface area contributed by atoms with E-state index in [1.165, 1.54) is 0 Å². The van der Waals surface area contributed by atoms with Crippen LogP contribution in [0.1, 0.15) is 28.7 Å². The Hall–Kier alpha value is -1.95. The largest absolute Gasteiger partial charge is 0.387 e. The predicted octanol–water partition coefficient (Wildman–Crippen LogP) is 2.82. The molecule has 0 aliphatic carbocycles. The van der Waals surface area contributed by atoms with Gasteiger partial charge in [0, 0.05) is 29.5 Å². The smallest absolute Gasteiger partial charge is 0.234 e. The van der Waals surface area contributed by atoms with E-state index in [1.807, 2.05) is 42.6 Å². The fourth-order valence-corrected chi connectivity index (χ4v) is 2.79. The molecule has 6 heteroatoms. The fraction of sp³-hybridized carbons (Fsp3) is 0.294. The Morgan fingerprint density at radius 3 is 2.74 bits per heavy atom. The first-order chi connectivity index (χ1) is 11.0. The van der Waals surface area contributed by atoms with E-state index >= 15 is 0 Å². The van der Waals surface area contributed by atoms with Crippen molar-refractivity contribution in [3.05, 3.63) is 64.2 Å². The molecular formula is C17H19ClN4O. The first kappa shape index (κ1) is 15.9. The van der Waals surface area contributed by atoms with Crippen LogP contribution in [0.3, 0.4) is 0 Å². The Labute approximate surface area is 140 Å². The Bertz CT molecular complexity index is 813. The average molecular weight is 331 g/mol. The second-order valence-electron chi connectivity index (χ2n) is 5.62. The maximum Gasteiger partial charge on any atom is 0.234 e. The molecule has 1 aromatic carbocycles. The second kappa shape index (κ2) is 6.66. The van der Waals surface area contributed by atoms with Crippen LogP contribution in [0.2, 0.25) is 5.02 Å². The normalized spacial score (nSPS) is 12.7. The van der Waals surface area contributed by atoms with Crippen LogP contribution in [0, 0.1) is 13.8 Å². The molecule has 120 valence electrons. The average Bonchev–Trinajstić information content (AvgIpc) is 2.91. The molecule has 2 N–H and O–H groups in total. The molecule has 0 spiro atoms. The van der Waals surface area contributed by atoms with E-state index in [1.54, 1.807) is 12.1 Å². The van der Waals surface area contributed by atoms with Crippen LogP contribution in [-0.2, 0) is 6.54 Å². The summed E-state index contributed by atoms with van der Waals surface area (Å²) in [5.41, 5.74) is 3.92. The van der Waals surface area contributed by atoms with Gasteiger partial charge < -0.3 is 10.4 Å². The molecule has 0 bridgehead atoms. The van der Waals surface area contributed by atoms with Gasteiger partial charge in [0.2, 0.25) is 5.78 Å². The number of imidazole rings is 1. The van der Waals surface area contributed by atoms with E-state index in [4.69, 9.17) is 11.6 Å². The van der Waals surface area contributed by atoms with Crippen LogP contribution in [0.15, 0.2) is 36.5 Å². The van der Waals surface area contributed by atoms with Crippen molar-refractivity contribution in [2.24, 2.45) is 0 Å². The number of nitrogens with zero attached hydrogens (tertiary/aromatic N) is 3. The van der Waals surface area contributed by atoms with E-state index in [-0.39, 0.29) is 0 Å². The van der Waals surface area contributed by atoms with Crippen LogP contribution in [-0.4, -0.2) is 26.0 Å². The number of hydrogen-bond acceptors (Lipinski definition) is 4. The zero-order chi connectivity index (χ0) is 16.4. The SMILES string of the molecule is Cc1cc(C)n2c(CNCC(O)c3ccc(Cl)cc3)cnc2n1. The lowest BCUT2D eigenvalue weighted by Gasteiger charge is -2.12. The molecule has 1 unspecified atom stereocenters. The van der Waals surface area contributed by atoms with Crippen LogP contribution in [0.4, 0.5) is 0 Å². The predicted molar refractivity (Wildman–Crippen MR) is 90.6 cm³/mol. The molecule has 2 aromatic heterocycles. The lowest BCUT2D eigenvalue weighted by atomic mass is 10.1. The molecule has 1 atom stereocenters. The number of aryl methyl sites for hydroxylation is 2. The van der Waals surface area contributed by atoms with Gasteiger partial charge in [0.1, 0.15) is 0 Å². The molecule has 0 aliphatic rings.